The molecule has 0 saturated carbocycles. The van der Waals surface area contributed by atoms with Crippen LogP contribution in [0.15, 0.2) is 24.0 Å². The van der Waals surface area contributed by atoms with E-state index in [2.05, 4.69) is 23.3 Å². The van der Waals surface area contributed by atoms with Crippen molar-refractivity contribution in [2.45, 2.75) is 81.6 Å². The van der Waals surface area contributed by atoms with Crippen LogP contribution in [-0.2, 0) is 26.2 Å². The molecule has 1 aromatic carbocycles. The number of ether oxygens (including phenoxy) is 3. The Balaban J connectivity index is 1.33. The van der Waals surface area contributed by atoms with Gasteiger partial charge in [0.05, 0.1) is 30.8 Å². The van der Waals surface area contributed by atoms with E-state index in [4.69, 9.17) is 14.2 Å². The molecular weight excluding hydrogens is 476 g/mol. The standard InChI is InChI=1S/C28H38N2O7/c1-16(2)18(15-31)29-22(32)6-5-7-23(33)36-20-10-11-28(34)21-14-17-8-9-19(35-4)25-24(17)27(28,26(20)37-25)12-13-30(21)3/h8-10,16,18,21,26,31,34H,5-7,11-15H2,1-4H3,(H,29,32). The Bertz CT molecular complexity index is 1120. The second-order valence-corrected chi connectivity index (χ2v) is 11.2. The van der Waals surface area contributed by atoms with Gasteiger partial charge in [-0.05, 0) is 56.5 Å². The molecule has 3 N–H and O–H groups in total. The van der Waals surface area contributed by atoms with Gasteiger partial charge < -0.3 is 34.6 Å². The molecule has 0 aromatic heterocycles. The second-order valence-electron chi connectivity index (χ2n) is 11.2. The Hall–Kier alpha value is -2.62. The number of aliphatic hydroxyl groups excluding tert-OH is 1. The Labute approximate surface area is 217 Å². The van der Waals surface area contributed by atoms with Gasteiger partial charge in [0.25, 0.3) is 0 Å². The van der Waals surface area contributed by atoms with Crippen LogP contribution in [0.1, 0.15) is 57.1 Å². The van der Waals surface area contributed by atoms with Crippen LogP contribution in [0.25, 0.3) is 0 Å². The molecule has 9 heteroatoms. The van der Waals surface area contributed by atoms with E-state index in [1.54, 1.807) is 13.2 Å². The van der Waals surface area contributed by atoms with Crippen LogP contribution < -0.4 is 14.8 Å². The van der Waals surface area contributed by atoms with Crippen LogP contribution in [0, 0.1) is 5.92 Å². The first kappa shape index (κ1) is 26.0. The fourth-order valence-electron chi connectivity index (χ4n) is 6.87. The first-order valence-electron chi connectivity index (χ1n) is 13.3. The predicted octanol–water partition coefficient (Wildman–Crippen LogP) is 1.82. The first-order chi connectivity index (χ1) is 17.7. The molecule has 1 aromatic rings. The minimum absolute atomic E-state index is 0.0696. The molecule has 1 saturated heterocycles. The highest BCUT2D eigenvalue weighted by molar-refractivity contribution is 5.77. The molecule has 2 bridgehead atoms. The Morgan fingerprint density at radius 1 is 1.30 bits per heavy atom. The highest BCUT2D eigenvalue weighted by Gasteiger charge is 2.72. The highest BCUT2D eigenvalue weighted by Crippen LogP contribution is 2.65. The molecule has 4 aliphatic rings. The number of esters is 1. The zero-order valence-electron chi connectivity index (χ0n) is 22.1. The lowest BCUT2D eigenvalue weighted by Crippen LogP contribution is -2.74. The largest absolute Gasteiger partial charge is 0.493 e. The van der Waals surface area contributed by atoms with Crippen LogP contribution in [-0.4, -0.2) is 78.1 Å². The minimum atomic E-state index is -1.05. The van der Waals surface area contributed by atoms with Gasteiger partial charge in [-0.1, -0.05) is 19.9 Å². The molecule has 2 heterocycles. The lowest BCUT2D eigenvalue weighted by atomic mass is 9.50. The van der Waals surface area contributed by atoms with Crippen LogP contribution in [0.3, 0.4) is 0 Å². The average molecular weight is 515 g/mol. The van der Waals surface area contributed by atoms with Crippen molar-refractivity contribution < 1.29 is 34.0 Å². The van der Waals surface area contributed by atoms with Crippen molar-refractivity contribution >= 4 is 11.9 Å². The van der Waals surface area contributed by atoms with Gasteiger partial charge in [0.2, 0.25) is 5.91 Å². The summed E-state index contributed by atoms with van der Waals surface area (Å²) in [5.41, 5.74) is 0.358. The van der Waals surface area contributed by atoms with Crippen LogP contribution in [0.5, 0.6) is 11.5 Å². The quantitative estimate of drug-likeness (QED) is 0.427. The normalized spacial score (nSPS) is 30.2. The first-order valence-corrected chi connectivity index (χ1v) is 13.3. The minimum Gasteiger partial charge on any atom is -0.493 e. The van der Waals surface area contributed by atoms with E-state index in [-0.39, 0.29) is 43.4 Å². The maximum absolute atomic E-state index is 12.8. The molecule has 202 valence electrons. The fraction of sp³-hybridized carbons (Fsp3) is 0.643. The van der Waals surface area contributed by atoms with Crippen molar-refractivity contribution in [2.75, 3.05) is 27.3 Å². The number of hydrogen-bond acceptors (Lipinski definition) is 8. The smallest absolute Gasteiger partial charge is 0.310 e. The number of carbonyl (C=O) groups excluding carboxylic acids is 2. The Morgan fingerprint density at radius 3 is 2.78 bits per heavy atom. The van der Waals surface area contributed by atoms with Gasteiger partial charge in [-0.2, -0.15) is 0 Å². The van der Waals surface area contributed by atoms with Crippen molar-refractivity contribution in [3.05, 3.63) is 35.1 Å². The van der Waals surface area contributed by atoms with Gasteiger partial charge >= 0.3 is 5.97 Å². The number of methoxy groups -OCH3 is 1. The molecule has 1 spiro atoms. The van der Waals surface area contributed by atoms with E-state index >= 15 is 0 Å². The summed E-state index contributed by atoms with van der Waals surface area (Å²) < 4.78 is 18.0. The van der Waals surface area contributed by atoms with Crippen molar-refractivity contribution in [2.24, 2.45) is 5.92 Å². The zero-order chi connectivity index (χ0) is 26.5. The number of piperidine rings is 1. The number of amides is 1. The van der Waals surface area contributed by atoms with Gasteiger partial charge in [-0.25, -0.2) is 0 Å². The Morgan fingerprint density at radius 2 is 2.08 bits per heavy atom. The molecule has 9 nitrogen and oxygen atoms in total. The average Bonchev–Trinajstić information content (AvgIpc) is 3.22. The van der Waals surface area contributed by atoms with Crippen LogP contribution >= 0.6 is 0 Å². The molecule has 2 aliphatic heterocycles. The van der Waals surface area contributed by atoms with E-state index in [1.165, 1.54) is 0 Å². The van der Waals surface area contributed by atoms with Crippen molar-refractivity contribution in [3.8, 4) is 11.5 Å². The van der Waals surface area contributed by atoms with Gasteiger partial charge in [0.1, 0.15) is 5.76 Å². The highest BCUT2D eigenvalue weighted by atomic mass is 16.6. The molecule has 5 atom stereocenters. The maximum atomic E-state index is 12.8. The molecule has 37 heavy (non-hydrogen) atoms. The number of carbonyl (C=O) groups is 2. The van der Waals surface area contributed by atoms with Crippen LogP contribution in [0.4, 0.5) is 0 Å². The SMILES string of the molecule is COc1ccc2c3c1OC1C(OC(=O)CCCC(=O)NC(CO)C(C)C)=CCC4(O)C(C2)N(C)CCC314. The van der Waals surface area contributed by atoms with Crippen molar-refractivity contribution in [3.63, 3.8) is 0 Å². The number of hydrogen-bond donors (Lipinski definition) is 3. The van der Waals surface area contributed by atoms with Gasteiger partial charge in [-0.15, -0.1) is 0 Å². The Kier molecular flexibility index (Phi) is 6.75. The molecule has 5 rings (SSSR count). The third-order valence-corrected chi connectivity index (χ3v) is 8.92. The maximum Gasteiger partial charge on any atom is 0.310 e. The lowest BCUT2D eigenvalue weighted by Gasteiger charge is -2.61. The number of likely N-dealkylation sites (N-methyl/N-ethyl adjacent to an activating group) is 1. The molecule has 1 fully saturated rings. The topological polar surface area (TPSA) is 118 Å². The van der Waals surface area contributed by atoms with Crippen molar-refractivity contribution in [1.29, 1.82) is 0 Å². The van der Waals surface area contributed by atoms with Gasteiger partial charge in [-0.3, -0.25) is 9.59 Å². The number of benzene rings is 1. The summed E-state index contributed by atoms with van der Waals surface area (Å²) in [4.78, 5) is 27.3. The van der Waals surface area contributed by atoms with Crippen molar-refractivity contribution in [1.82, 2.24) is 10.2 Å². The lowest BCUT2D eigenvalue weighted by molar-refractivity contribution is -0.169. The van der Waals surface area contributed by atoms with Crippen LogP contribution in [0.2, 0.25) is 0 Å². The van der Waals surface area contributed by atoms with E-state index < -0.39 is 23.1 Å². The van der Waals surface area contributed by atoms with Gasteiger partial charge in [0.15, 0.2) is 17.6 Å². The third-order valence-electron chi connectivity index (χ3n) is 8.92. The third kappa shape index (κ3) is 3.94. The molecular formula is C28H38N2O7. The predicted molar refractivity (Wildman–Crippen MR) is 135 cm³/mol. The van der Waals surface area contributed by atoms with Gasteiger partial charge in [0, 0.05) is 30.9 Å². The number of nitrogens with zero attached hydrogens (tertiary/aromatic N) is 1. The molecule has 1 amide bonds. The molecule has 5 unspecified atom stereocenters. The van der Waals surface area contributed by atoms with E-state index in [0.717, 1.165) is 24.1 Å². The number of likely N-dealkylation sites (tertiary alicyclic amines) is 1. The van der Waals surface area contributed by atoms with E-state index in [0.29, 0.717) is 36.5 Å². The second kappa shape index (κ2) is 9.60. The number of rotatable bonds is 9. The summed E-state index contributed by atoms with van der Waals surface area (Å²) in [5.74, 6) is 1.15. The summed E-state index contributed by atoms with van der Waals surface area (Å²) in [7, 11) is 3.65. The summed E-state index contributed by atoms with van der Waals surface area (Å²) >= 11 is 0. The summed E-state index contributed by atoms with van der Waals surface area (Å²) in [6, 6.07) is 3.59. The fourth-order valence-corrected chi connectivity index (χ4v) is 6.87. The monoisotopic (exact) mass is 514 g/mol. The molecule has 0 radical (unpaired) electrons. The zero-order valence-corrected chi connectivity index (χ0v) is 22.1. The van der Waals surface area contributed by atoms with E-state index in [9.17, 15) is 19.8 Å². The van der Waals surface area contributed by atoms with E-state index in [1.807, 2.05) is 19.9 Å². The molecule has 2 aliphatic carbocycles. The number of nitrogens with one attached hydrogen (secondary N) is 1. The summed E-state index contributed by atoms with van der Waals surface area (Å²) in [5, 5.41) is 24.4. The summed E-state index contributed by atoms with van der Waals surface area (Å²) in [6.07, 6.45) is 3.50. The summed E-state index contributed by atoms with van der Waals surface area (Å²) in [6.45, 7) is 4.53. The number of aliphatic hydroxyl groups is 2.